The predicted octanol–water partition coefficient (Wildman–Crippen LogP) is 1.19. The van der Waals surface area contributed by atoms with E-state index in [1.54, 1.807) is 19.3 Å². The number of amides is 1. The van der Waals surface area contributed by atoms with Crippen molar-refractivity contribution < 1.29 is 4.79 Å². The zero-order valence-electron chi connectivity index (χ0n) is 16.9. The molecule has 4 heterocycles. The van der Waals surface area contributed by atoms with E-state index in [0.29, 0.717) is 23.2 Å². The van der Waals surface area contributed by atoms with E-state index in [1.807, 2.05) is 13.0 Å². The molecule has 0 aromatic carbocycles. The summed E-state index contributed by atoms with van der Waals surface area (Å²) in [7, 11) is 1.66. The summed E-state index contributed by atoms with van der Waals surface area (Å²) in [4.78, 5) is 32.7. The zero-order valence-corrected chi connectivity index (χ0v) is 16.9. The first-order chi connectivity index (χ1) is 14.0. The minimum Gasteiger partial charge on any atom is -0.351 e. The van der Waals surface area contributed by atoms with Crippen LogP contribution in [0.25, 0.3) is 16.7 Å². The van der Waals surface area contributed by atoms with Crippen LogP contribution in [0.4, 0.5) is 0 Å². The number of nitrogens with zero attached hydrogens (tertiary/aromatic N) is 4. The molecular formula is C21H26N6O2. The van der Waals surface area contributed by atoms with Crippen molar-refractivity contribution in [2.75, 3.05) is 26.2 Å². The first kappa shape index (κ1) is 19.3. The number of piperidine rings is 1. The lowest BCUT2D eigenvalue weighted by atomic mass is 10.1. The van der Waals surface area contributed by atoms with Crippen molar-refractivity contribution in [2.24, 2.45) is 7.05 Å². The van der Waals surface area contributed by atoms with Crippen LogP contribution >= 0.6 is 0 Å². The summed E-state index contributed by atoms with van der Waals surface area (Å²) >= 11 is 0. The molecule has 0 radical (unpaired) electrons. The van der Waals surface area contributed by atoms with E-state index in [9.17, 15) is 9.59 Å². The molecule has 152 valence electrons. The standard InChI is InChI=1S/C21H26N6O2/c1-14-7-6-11-27-18(14)24-19-16(21(27)29)13-15(17(22)25(19)2)20(28)23-8-12-26-9-4-3-5-10-26/h6-7,11,13,22H,3-5,8-10,12H2,1-2H3,(H,23,28). The normalized spacial score (nSPS) is 15.1. The predicted molar refractivity (Wildman–Crippen MR) is 111 cm³/mol. The molecule has 0 aliphatic carbocycles. The maximum atomic E-state index is 13.0. The van der Waals surface area contributed by atoms with Gasteiger partial charge in [0.15, 0.2) is 0 Å². The second kappa shape index (κ2) is 7.79. The van der Waals surface area contributed by atoms with Crippen LogP contribution in [0, 0.1) is 12.3 Å². The van der Waals surface area contributed by atoms with E-state index in [-0.39, 0.29) is 22.5 Å². The highest BCUT2D eigenvalue weighted by molar-refractivity contribution is 5.96. The smallest absolute Gasteiger partial charge is 0.267 e. The molecule has 0 saturated carbocycles. The Kier molecular flexibility index (Phi) is 5.19. The van der Waals surface area contributed by atoms with Gasteiger partial charge in [-0.2, -0.15) is 0 Å². The van der Waals surface area contributed by atoms with Gasteiger partial charge >= 0.3 is 0 Å². The average Bonchev–Trinajstić information content (AvgIpc) is 2.72. The molecule has 2 N–H and O–H groups in total. The van der Waals surface area contributed by atoms with Gasteiger partial charge in [-0.1, -0.05) is 12.5 Å². The summed E-state index contributed by atoms with van der Waals surface area (Å²) in [6.07, 6.45) is 5.35. The molecule has 0 bridgehead atoms. The van der Waals surface area contributed by atoms with Crippen LogP contribution in [0.5, 0.6) is 0 Å². The first-order valence-corrected chi connectivity index (χ1v) is 10.0. The van der Waals surface area contributed by atoms with Crippen molar-refractivity contribution in [1.82, 2.24) is 24.2 Å². The lowest BCUT2D eigenvalue weighted by Gasteiger charge is -2.26. The van der Waals surface area contributed by atoms with Crippen LogP contribution in [-0.2, 0) is 7.05 Å². The molecule has 8 heteroatoms. The van der Waals surface area contributed by atoms with E-state index in [4.69, 9.17) is 5.41 Å². The molecule has 1 aliphatic rings. The molecule has 29 heavy (non-hydrogen) atoms. The Morgan fingerprint density at radius 3 is 2.76 bits per heavy atom. The fourth-order valence-corrected chi connectivity index (χ4v) is 3.96. The number of carbonyl (C=O) groups excluding carboxylic acids is 1. The highest BCUT2D eigenvalue weighted by Gasteiger charge is 2.17. The van der Waals surface area contributed by atoms with Crippen molar-refractivity contribution in [3.05, 3.63) is 51.4 Å². The number of fused-ring (bicyclic) bond motifs is 2. The van der Waals surface area contributed by atoms with Crippen LogP contribution < -0.4 is 16.4 Å². The van der Waals surface area contributed by atoms with E-state index in [0.717, 1.165) is 25.2 Å². The van der Waals surface area contributed by atoms with Gasteiger partial charge in [-0.05, 0) is 50.6 Å². The van der Waals surface area contributed by atoms with Crippen LogP contribution in [-0.4, -0.2) is 50.9 Å². The topological polar surface area (TPSA) is 95.5 Å². The van der Waals surface area contributed by atoms with Gasteiger partial charge in [-0.15, -0.1) is 0 Å². The quantitative estimate of drug-likeness (QED) is 0.650. The molecule has 0 atom stereocenters. The molecule has 1 fully saturated rings. The number of nitrogens with one attached hydrogen (secondary N) is 2. The zero-order chi connectivity index (χ0) is 20.5. The minimum atomic E-state index is -0.335. The summed E-state index contributed by atoms with van der Waals surface area (Å²) in [6.45, 7) is 5.35. The van der Waals surface area contributed by atoms with E-state index in [1.165, 1.54) is 34.3 Å². The van der Waals surface area contributed by atoms with E-state index < -0.39 is 0 Å². The van der Waals surface area contributed by atoms with Gasteiger partial charge in [-0.3, -0.25) is 19.4 Å². The average molecular weight is 394 g/mol. The van der Waals surface area contributed by atoms with Crippen molar-refractivity contribution >= 4 is 22.6 Å². The number of aryl methyl sites for hydroxylation is 2. The number of hydrogen-bond donors (Lipinski definition) is 2. The Balaban J connectivity index is 1.68. The van der Waals surface area contributed by atoms with Gasteiger partial charge in [0.1, 0.15) is 16.8 Å². The minimum absolute atomic E-state index is 0.0396. The number of likely N-dealkylation sites (tertiary alicyclic amines) is 1. The van der Waals surface area contributed by atoms with E-state index in [2.05, 4.69) is 15.2 Å². The Bertz CT molecular complexity index is 1200. The Labute approximate surface area is 168 Å². The van der Waals surface area contributed by atoms with Gasteiger partial charge in [0, 0.05) is 26.3 Å². The van der Waals surface area contributed by atoms with Crippen LogP contribution in [0.1, 0.15) is 35.2 Å². The van der Waals surface area contributed by atoms with Crippen molar-refractivity contribution in [1.29, 1.82) is 5.41 Å². The summed E-state index contributed by atoms with van der Waals surface area (Å²) in [5, 5.41) is 11.6. The second-order valence-electron chi connectivity index (χ2n) is 7.66. The lowest BCUT2D eigenvalue weighted by Crippen LogP contribution is -2.39. The van der Waals surface area contributed by atoms with Crippen molar-refractivity contribution in [3.8, 4) is 0 Å². The molecule has 1 amide bonds. The van der Waals surface area contributed by atoms with Crippen molar-refractivity contribution in [2.45, 2.75) is 26.2 Å². The molecule has 0 spiro atoms. The van der Waals surface area contributed by atoms with Crippen molar-refractivity contribution in [3.63, 3.8) is 0 Å². The summed E-state index contributed by atoms with van der Waals surface area (Å²) in [5.74, 6) is -0.335. The van der Waals surface area contributed by atoms with Gasteiger partial charge in [-0.25, -0.2) is 4.98 Å². The monoisotopic (exact) mass is 394 g/mol. The summed E-state index contributed by atoms with van der Waals surface area (Å²) < 4.78 is 2.99. The fourth-order valence-electron chi connectivity index (χ4n) is 3.96. The molecule has 3 aromatic heterocycles. The number of rotatable bonds is 4. The molecule has 1 saturated heterocycles. The van der Waals surface area contributed by atoms with Gasteiger partial charge < -0.3 is 14.8 Å². The van der Waals surface area contributed by atoms with E-state index >= 15 is 0 Å². The molecule has 1 aliphatic heterocycles. The Hall–Kier alpha value is -3.00. The Morgan fingerprint density at radius 2 is 2.00 bits per heavy atom. The molecule has 4 rings (SSSR count). The first-order valence-electron chi connectivity index (χ1n) is 10.0. The third kappa shape index (κ3) is 3.55. The Morgan fingerprint density at radius 1 is 1.24 bits per heavy atom. The summed E-state index contributed by atoms with van der Waals surface area (Å²) in [6, 6.07) is 5.18. The fraction of sp³-hybridized carbons (Fsp3) is 0.429. The van der Waals surface area contributed by atoms with Gasteiger partial charge in [0.05, 0.1) is 10.9 Å². The largest absolute Gasteiger partial charge is 0.351 e. The number of hydrogen-bond acceptors (Lipinski definition) is 5. The summed E-state index contributed by atoms with van der Waals surface area (Å²) in [5.41, 5.74) is 1.81. The lowest BCUT2D eigenvalue weighted by molar-refractivity contribution is 0.0944. The van der Waals surface area contributed by atoms with Crippen LogP contribution in [0.15, 0.2) is 29.2 Å². The number of carbonyl (C=O) groups is 1. The highest BCUT2D eigenvalue weighted by atomic mass is 16.1. The maximum absolute atomic E-state index is 13.0. The van der Waals surface area contributed by atoms with Gasteiger partial charge in [0.2, 0.25) is 0 Å². The molecular weight excluding hydrogens is 368 g/mol. The number of aromatic nitrogens is 3. The molecule has 3 aromatic rings. The maximum Gasteiger partial charge on any atom is 0.267 e. The van der Waals surface area contributed by atoms with Crippen LogP contribution in [0.3, 0.4) is 0 Å². The SMILES string of the molecule is Cc1cccn2c(=O)c3cc(C(=O)NCCN4CCCCC4)c(=N)n(C)c3nc12. The third-order valence-electron chi connectivity index (χ3n) is 5.67. The highest BCUT2D eigenvalue weighted by Crippen LogP contribution is 2.12. The number of pyridine rings is 2. The van der Waals surface area contributed by atoms with Crippen LogP contribution in [0.2, 0.25) is 0 Å². The van der Waals surface area contributed by atoms with Gasteiger partial charge in [0.25, 0.3) is 11.5 Å². The molecule has 8 nitrogen and oxygen atoms in total. The molecule has 0 unspecified atom stereocenters. The second-order valence-corrected chi connectivity index (χ2v) is 7.66. The third-order valence-corrected chi connectivity index (χ3v) is 5.67.